The SMILES string of the molecule is C=CCNC(=O)c1nn(-c2ccccc2F)nc1CO. The molecular weight excluding hydrogens is 263 g/mol. The third-order valence-electron chi connectivity index (χ3n) is 2.52. The van der Waals surface area contributed by atoms with Gasteiger partial charge in [0.1, 0.15) is 11.4 Å². The summed E-state index contributed by atoms with van der Waals surface area (Å²) >= 11 is 0. The van der Waals surface area contributed by atoms with Crippen molar-refractivity contribution in [3.63, 3.8) is 0 Å². The van der Waals surface area contributed by atoms with Crippen molar-refractivity contribution in [2.75, 3.05) is 6.54 Å². The van der Waals surface area contributed by atoms with Crippen LogP contribution < -0.4 is 5.32 Å². The van der Waals surface area contributed by atoms with Crippen molar-refractivity contribution in [3.05, 3.63) is 54.1 Å². The Labute approximate surface area is 114 Å². The Kier molecular flexibility index (Phi) is 4.21. The van der Waals surface area contributed by atoms with Gasteiger partial charge in [0.2, 0.25) is 0 Å². The number of hydrogen-bond donors (Lipinski definition) is 2. The van der Waals surface area contributed by atoms with Crippen LogP contribution in [-0.2, 0) is 6.61 Å². The van der Waals surface area contributed by atoms with E-state index in [2.05, 4.69) is 22.1 Å². The quantitative estimate of drug-likeness (QED) is 0.792. The van der Waals surface area contributed by atoms with Crippen molar-refractivity contribution >= 4 is 5.91 Å². The maximum atomic E-state index is 13.6. The van der Waals surface area contributed by atoms with Gasteiger partial charge >= 0.3 is 0 Å². The van der Waals surface area contributed by atoms with E-state index in [1.54, 1.807) is 6.07 Å². The van der Waals surface area contributed by atoms with Gasteiger partial charge in [-0.1, -0.05) is 18.2 Å². The Bertz CT molecular complexity index is 639. The van der Waals surface area contributed by atoms with Crippen molar-refractivity contribution < 1.29 is 14.3 Å². The Morgan fingerprint density at radius 1 is 1.45 bits per heavy atom. The summed E-state index contributed by atoms with van der Waals surface area (Å²) in [5, 5.41) is 19.6. The fourth-order valence-corrected chi connectivity index (χ4v) is 1.59. The minimum Gasteiger partial charge on any atom is -0.390 e. The molecule has 0 fully saturated rings. The molecule has 0 saturated heterocycles. The first-order valence-corrected chi connectivity index (χ1v) is 5.88. The lowest BCUT2D eigenvalue weighted by atomic mass is 10.3. The van der Waals surface area contributed by atoms with Gasteiger partial charge in [0.05, 0.1) is 6.61 Å². The Morgan fingerprint density at radius 3 is 2.85 bits per heavy atom. The largest absolute Gasteiger partial charge is 0.390 e. The third-order valence-corrected chi connectivity index (χ3v) is 2.52. The molecule has 0 aliphatic carbocycles. The number of aromatic nitrogens is 3. The average molecular weight is 276 g/mol. The molecule has 0 spiro atoms. The van der Waals surface area contributed by atoms with E-state index in [4.69, 9.17) is 0 Å². The van der Waals surface area contributed by atoms with Crippen molar-refractivity contribution in [3.8, 4) is 5.69 Å². The molecule has 0 unspecified atom stereocenters. The highest BCUT2D eigenvalue weighted by molar-refractivity contribution is 5.93. The molecule has 20 heavy (non-hydrogen) atoms. The topological polar surface area (TPSA) is 80.0 Å². The molecule has 0 radical (unpaired) electrons. The van der Waals surface area contributed by atoms with E-state index in [9.17, 15) is 14.3 Å². The van der Waals surface area contributed by atoms with Gasteiger partial charge in [-0.25, -0.2) is 4.39 Å². The van der Waals surface area contributed by atoms with Crippen LogP contribution in [0.15, 0.2) is 36.9 Å². The molecule has 2 aromatic rings. The number of carbonyl (C=O) groups is 1. The number of carbonyl (C=O) groups excluding carboxylic acids is 1. The molecule has 104 valence electrons. The molecule has 0 aliphatic rings. The van der Waals surface area contributed by atoms with E-state index in [1.807, 2.05) is 0 Å². The number of aliphatic hydroxyl groups excluding tert-OH is 1. The van der Waals surface area contributed by atoms with Crippen molar-refractivity contribution in [1.82, 2.24) is 20.3 Å². The van der Waals surface area contributed by atoms with Gasteiger partial charge in [0.25, 0.3) is 5.91 Å². The van der Waals surface area contributed by atoms with Crippen LogP contribution in [0.1, 0.15) is 16.2 Å². The number of amides is 1. The predicted molar refractivity (Wildman–Crippen MR) is 69.8 cm³/mol. The minimum absolute atomic E-state index is 0.0439. The zero-order chi connectivity index (χ0) is 14.5. The lowest BCUT2D eigenvalue weighted by Crippen LogP contribution is -2.25. The Balaban J connectivity index is 2.38. The van der Waals surface area contributed by atoms with Crippen LogP contribution >= 0.6 is 0 Å². The summed E-state index contributed by atoms with van der Waals surface area (Å²) in [6.07, 6.45) is 1.51. The van der Waals surface area contributed by atoms with E-state index < -0.39 is 18.3 Å². The van der Waals surface area contributed by atoms with Gasteiger partial charge in [0.15, 0.2) is 11.5 Å². The molecule has 0 saturated carbocycles. The van der Waals surface area contributed by atoms with Gasteiger partial charge in [-0.3, -0.25) is 4.79 Å². The second kappa shape index (κ2) is 6.07. The molecule has 1 aromatic heterocycles. The molecule has 1 amide bonds. The smallest absolute Gasteiger partial charge is 0.274 e. The molecule has 0 atom stereocenters. The van der Waals surface area contributed by atoms with Crippen LogP contribution in [0.4, 0.5) is 4.39 Å². The van der Waals surface area contributed by atoms with Gasteiger partial charge in [-0.2, -0.15) is 0 Å². The highest BCUT2D eigenvalue weighted by Crippen LogP contribution is 2.12. The lowest BCUT2D eigenvalue weighted by Gasteiger charge is -2.00. The summed E-state index contributed by atoms with van der Waals surface area (Å²) < 4.78 is 13.6. The number of halogens is 1. The molecule has 0 bridgehead atoms. The highest BCUT2D eigenvalue weighted by Gasteiger charge is 2.19. The second-order valence-electron chi connectivity index (χ2n) is 3.89. The minimum atomic E-state index is -0.523. The molecule has 6 nitrogen and oxygen atoms in total. The predicted octanol–water partition coefficient (Wildman–Crippen LogP) is 0.815. The second-order valence-corrected chi connectivity index (χ2v) is 3.89. The average Bonchev–Trinajstić information content (AvgIpc) is 2.89. The number of nitrogens with zero attached hydrogens (tertiary/aromatic N) is 3. The molecular formula is C13H13FN4O2. The van der Waals surface area contributed by atoms with Crippen LogP contribution in [0.25, 0.3) is 5.69 Å². The van der Waals surface area contributed by atoms with Crippen LogP contribution in [0.3, 0.4) is 0 Å². The van der Waals surface area contributed by atoms with Crippen LogP contribution in [0.5, 0.6) is 0 Å². The highest BCUT2D eigenvalue weighted by atomic mass is 19.1. The number of aliphatic hydroxyl groups is 1. The number of hydrogen-bond acceptors (Lipinski definition) is 4. The van der Waals surface area contributed by atoms with Gasteiger partial charge in [-0.05, 0) is 12.1 Å². The summed E-state index contributed by atoms with van der Waals surface area (Å²) in [7, 11) is 0. The summed E-state index contributed by atoms with van der Waals surface area (Å²) in [4.78, 5) is 12.8. The van der Waals surface area contributed by atoms with Crippen LogP contribution in [0.2, 0.25) is 0 Å². The van der Waals surface area contributed by atoms with E-state index in [0.717, 1.165) is 4.80 Å². The zero-order valence-corrected chi connectivity index (χ0v) is 10.6. The Morgan fingerprint density at radius 2 is 2.20 bits per heavy atom. The molecule has 7 heteroatoms. The molecule has 2 N–H and O–H groups in total. The fraction of sp³-hybridized carbons (Fsp3) is 0.154. The maximum absolute atomic E-state index is 13.6. The summed E-state index contributed by atoms with van der Waals surface area (Å²) in [6, 6.07) is 5.89. The van der Waals surface area contributed by atoms with Crippen molar-refractivity contribution in [2.45, 2.75) is 6.61 Å². The fourth-order valence-electron chi connectivity index (χ4n) is 1.59. The van der Waals surface area contributed by atoms with Crippen LogP contribution in [0, 0.1) is 5.82 Å². The third kappa shape index (κ3) is 2.72. The normalized spacial score (nSPS) is 10.3. The molecule has 0 aliphatic heterocycles. The van der Waals surface area contributed by atoms with Gasteiger partial charge < -0.3 is 10.4 Å². The molecule has 1 heterocycles. The van der Waals surface area contributed by atoms with Crippen LogP contribution in [-0.4, -0.2) is 32.6 Å². The van der Waals surface area contributed by atoms with Crippen molar-refractivity contribution in [2.24, 2.45) is 0 Å². The Hall–Kier alpha value is -2.54. The standard InChI is InChI=1S/C13H13FN4O2/c1-2-7-15-13(20)12-10(8-19)16-18(17-12)11-6-4-3-5-9(11)14/h2-6,19H,1,7-8H2,(H,15,20). The number of rotatable bonds is 5. The monoisotopic (exact) mass is 276 g/mol. The molecule has 1 aromatic carbocycles. The van der Waals surface area contributed by atoms with E-state index >= 15 is 0 Å². The first-order valence-electron chi connectivity index (χ1n) is 5.88. The van der Waals surface area contributed by atoms with Gasteiger partial charge in [-0.15, -0.1) is 21.6 Å². The summed E-state index contributed by atoms with van der Waals surface area (Å²) in [6.45, 7) is 3.27. The van der Waals surface area contributed by atoms with E-state index in [1.165, 1.54) is 24.3 Å². The summed E-state index contributed by atoms with van der Waals surface area (Å²) in [5.74, 6) is -1.03. The first-order chi connectivity index (χ1) is 9.67. The van der Waals surface area contributed by atoms with E-state index in [-0.39, 0.29) is 23.6 Å². The van der Waals surface area contributed by atoms with E-state index in [0.29, 0.717) is 0 Å². The summed E-state index contributed by atoms with van der Waals surface area (Å²) in [5.41, 5.74) is 0.136. The van der Waals surface area contributed by atoms with Gasteiger partial charge in [0, 0.05) is 6.54 Å². The number of nitrogens with one attached hydrogen (secondary N) is 1. The lowest BCUT2D eigenvalue weighted by molar-refractivity contribution is 0.0949. The van der Waals surface area contributed by atoms with Crippen molar-refractivity contribution in [1.29, 1.82) is 0 Å². The number of para-hydroxylation sites is 1. The maximum Gasteiger partial charge on any atom is 0.274 e. The molecule has 2 rings (SSSR count). The first kappa shape index (κ1) is 13.9. The zero-order valence-electron chi connectivity index (χ0n) is 10.6. The number of benzene rings is 1.